The highest BCUT2D eigenvalue weighted by Gasteiger charge is 2.04. The lowest BCUT2D eigenvalue weighted by molar-refractivity contribution is -0.144. The number of carbonyl (C=O) groups is 2. The highest BCUT2D eigenvalue weighted by molar-refractivity contribution is 5.69. The highest BCUT2D eigenvalue weighted by atomic mass is 16.5. The third-order valence-electron chi connectivity index (χ3n) is 7.87. The molecule has 0 atom stereocenters. The van der Waals surface area contributed by atoms with E-state index in [1.165, 1.54) is 89.9 Å². The van der Waals surface area contributed by atoms with Gasteiger partial charge < -0.3 is 9.47 Å². The molecule has 0 aromatic rings. The molecule has 0 N–H and O–H groups in total. The van der Waals surface area contributed by atoms with Crippen molar-refractivity contribution in [1.82, 2.24) is 0 Å². The van der Waals surface area contributed by atoms with Crippen LogP contribution in [-0.4, -0.2) is 25.2 Å². The van der Waals surface area contributed by atoms with Gasteiger partial charge in [0.05, 0.1) is 13.2 Å². The fraction of sp³-hybridized carbons (Fsp3) is 0.842. The number of ether oxygens (including phenoxy) is 2. The van der Waals surface area contributed by atoms with Gasteiger partial charge in [0.2, 0.25) is 0 Å². The quantitative estimate of drug-likeness (QED) is 0.0433. The summed E-state index contributed by atoms with van der Waals surface area (Å²) in [5.74, 6) is -0.0817. The Bertz CT molecular complexity index is 571. The van der Waals surface area contributed by atoms with E-state index in [9.17, 15) is 9.59 Å². The van der Waals surface area contributed by atoms with E-state index in [4.69, 9.17) is 9.47 Å². The smallest absolute Gasteiger partial charge is 0.305 e. The van der Waals surface area contributed by atoms with Gasteiger partial charge in [-0.05, 0) is 64.2 Å². The van der Waals surface area contributed by atoms with E-state index < -0.39 is 0 Å². The predicted octanol–water partition coefficient (Wildman–Crippen LogP) is 12.1. The second kappa shape index (κ2) is 35.6. The van der Waals surface area contributed by atoms with E-state index in [-0.39, 0.29) is 11.9 Å². The molecule has 0 rings (SSSR count). The minimum Gasteiger partial charge on any atom is -0.466 e. The lowest BCUT2D eigenvalue weighted by Crippen LogP contribution is -2.06. The third kappa shape index (κ3) is 34.6. The third-order valence-corrected chi connectivity index (χ3v) is 7.87. The summed E-state index contributed by atoms with van der Waals surface area (Å²) in [5.41, 5.74) is 0. The summed E-state index contributed by atoms with van der Waals surface area (Å²) >= 11 is 0. The van der Waals surface area contributed by atoms with Gasteiger partial charge in [-0.1, -0.05) is 141 Å². The first-order valence-electron chi connectivity index (χ1n) is 18.3. The molecule has 4 heteroatoms. The largest absolute Gasteiger partial charge is 0.466 e. The molecular formula is C38H70O4. The molecule has 4 nitrogen and oxygen atoms in total. The molecule has 0 saturated heterocycles. The lowest BCUT2D eigenvalue weighted by atomic mass is 10.1. The second-order valence-electron chi connectivity index (χ2n) is 12.1. The van der Waals surface area contributed by atoms with Gasteiger partial charge in [0.15, 0.2) is 0 Å². The van der Waals surface area contributed by atoms with E-state index >= 15 is 0 Å². The molecule has 0 bridgehead atoms. The molecule has 0 fully saturated rings. The summed E-state index contributed by atoms with van der Waals surface area (Å²) in [6.07, 6.45) is 41.3. The van der Waals surface area contributed by atoms with Crippen molar-refractivity contribution in [2.24, 2.45) is 0 Å². The van der Waals surface area contributed by atoms with E-state index in [1.807, 2.05) is 0 Å². The molecule has 0 aliphatic carbocycles. The molecular weight excluding hydrogens is 520 g/mol. The van der Waals surface area contributed by atoms with Gasteiger partial charge in [-0.15, -0.1) is 0 Å². The zero-order valence-electron chi connectivity index (χ0n) is 28.2. The Labute approximate surface area is 261 Å². The molecule has 42 heavy (non-hydrogen) atoms. The summed E-state index contributed by atoms with van der Waals surface area (Å²) in [4.78, 5) is 23.8. The number of hydrogen-bond donors (Lipinski definition) is 0. The van der Waals surface area contributed by atoms with Gasteiger partial charge in [0.1, 0.15) is 0 Å². The highest BCUT2D eigenvalue weighted by Crippen LogP contribution is 2.13. The van der Waals surface area contributed by atoms with Crippen LogP contribution in [0.4, 0.5) is 0 Å². The summed E-state index contributed by atoms with van der Waals surface area (Å²) in [6, 6.07) is 0. The molecule has 0 aliphatic rings. The monoisotopic (exact) mass is 591 g/mol. The first-order valence-corrected chi connectivity index (χ1v) is 18.3. The number of unbranched alkanes of at least 4 members (excludes halogenated alkanes) is 21. The van der Waals surface area contributed by atoms with Crippen LogP contribution in [0.1, 0.15) is 194 Å². The Morgan fingerprint density at radius 1 is 0.381 bits per heavy atom. The number of carbonyl (C=O) groups excluding carboxylic acids is 2. The average molecular weight is 591 g/mol. The Morgan fingerprint density at radius 2 is 0.667 bits per heavy atom. The van der Waals surface area contributed by atoms with Crippen molar-refractivity contribution < 1.29 is 19.1 Å². The SMILES string of the molecule is CC/C=C\CCCCCCCCCCOC(=O)CCCCCCCCC(=O)OCCCCCCCCCC/C=C\CC. The first-order chi connectivity index (χ1) is 20.7. The fourth-order valence-electron chi connectivity index (χ4n) is 5.18. The minimum absolute atomic E-state index is 0.0408. The molecule has 0 aliphatic heterocycles. The molecule has 0 unspecified atom stereocenters. The maximum atomic E-state index is 11.9. The van der Waals surface area contributed by atoms with Gasteiger partial charge in [-0.2, -0.15) is 0 Å². The summed E-state index contributed by atoms with van der Waals surface area (Å²) in [5, 5.41) is 0. The number of rotatable bonds is 33. The molecule has 0 amide bonds. The van der Waals surface area contributed by atoms with Crippen molar-refractivity contribution >= 4 is 11.9 Å². The molecule has 0 radical (unpaired) electrons. The summed E-state index contributed by atoms with van der Waals surface area (Å²) < 4.78 is 10.8. The van der Waals surface area contributed by atoms with Crippen LogP contribution in [0, 0.1) is 0 Å². The number of esters is 2. The van der Waals surface area contributed by atoms with E-state index in [0.717, 1.165) is 77.0 Å². The van der Waals surface area contributed by atoms with Crippen molar-refractivity contribution in [3.63, 3.8) is 0 Å². The standard InChI is InChI=1S/C38H70O4/c1-3-5-7-9-11-13-15-17-19-23-27-31-35-41-37(39)33-29-25-21-22-26-30-34-38(40)42-36-32-28-24-20-18-16-14-12-10-8-6-4-2/h5-8H,3-4,9-36H2,1-2H3/b7-5-,8-6-. The Morgan fingerprint density at radius 3 is 1.00 bits per heavy atom. The van der Waals surface area contributed by atoms with Crippen molar-refractivity contribution in [3.05, 3.63) is 24.3 Å². The molecule has 246 valence electrons. The Hall–Kier alpha value is -1.58. The van der Waals surface area contributed by atoms with Crippen LogP contribution in [0.25, 0.3) is 0 Å². The van der Waals surface area contributed by atoms with Gasteiger partial charge in [0, 0.05) is 12.8 Å². The van der Waals surface area contributed by atoms with Crippen molar-refractivity contribution in [2.75, 3.05) is 13.2 Å². The first kappa shape index (κ1) is 40.4. The average Bonchev–Trinajstić information content (AvgIpc) is 2.99. The van der Waals surface area contributed by atoms with Crippen LogP contribution < -0.4 is 0 Å². The van der Waals surface area contributed by atoms with Crippen LogP contribution in [0.2, 0.25) is 0 Å². The van der Waals surface area contributed by atoms with Crippen LogP contribution in [0.3, 0.4) is 0 Å². The molecule has 0 saturated carbocycles. The fourth-order valence-corrected chi connectivity index (χ4v) is 5.18. The molecule has 0 heterocycles. The topological polar surface area (TPSA) is 52.6 Å². The second-order valence-corrected chi connectivity index (χ2v) is 12.1. The van der Waals surface area contributed by atoms with Crippen LogP contribution in [-0.2, 0) is 19.1 Å². The van der Waals surface area contributed by atoms with Crippen molar-refractivity contribution in [2.45, 2.75) is 194 Å². The summed E-state index contributed by atoms with van der Waals surface area (Å²) in [7, 11) is 0. The lowest BCUT2D eigenvalue weighted by Gasteiger charge is -2.06. The van der Waals surface area contributed by atoms with Gasteiger partial charge in [-0.3, -0.25) is 9.59 Å². The van der Waals surface area contributed by atoms with E-state index in [0.29, 0.717) is 26.1 Å². The zero-order chi connectivity index (χ0) is 30.6. The molecule has 0 aromatic heterocycles. The molecule has 0 aromatic carbocycles. The maximum absolute atomic E-state index is 11.9. The normalized spacial score (nSPS) is 11.6. The minimum atomic E-state index is -0.0408. The zero-order valence-corrected chi connectivity index (χ0v) is 28.2. The Kier molecular flexibility index (Phi) is 34.3. The number of hydrogen-bond acceptors (Lipinski definition) is 4. The Balaban J connectivity index is 3.27. The van der Waals surface area contributed by atoms with Crippen LogP contribution in [0.15, 0.2) is 24.3 Å². The van der Waals surface area contributed by atoms with Crippen molar-refractivity contribution in [1.29, 1.82) is 0 Å². The summed E-state index contributed by atoms with van der Waals surface area (Å²) in [6.45, 7) is 5.53. The van der Waals surface area contributed by atoms with E-state index in [1.54, 1.807) is 0 Å². The van der Waals surface area contributed by atoms with Gasteiger partial charge in [-0.25, -0.2) is 0 Å². The number of allylic oxidation sites excluding steroid dienone is 4. The maximum Gasteiger partial charge on any atom is 0.305 e. The van der Waals surface area contributed by atoms with Crippen LogP contribution in [0.5, 0.6) is 0 Å². The molecule has 0 spiro atoms. The van der Waals surface area contributed by atoms with E-state index in [2.05, 4.69) is 38.2 Å². The van der Waals surface area contributed by atoms with Crippen molar-refractivity contribution in [3.8, 4) is 0 Å². The van der Waals surface area contributed by atoms with Gasteiger partial charge >= 0.3 is 11.9 Å². The van der Waals surface area contributed by atoms with Gasteiger partial charge in [0.25, 0.3) is 0 Å². The van der Waals surface area contributed by atoms with Crippen LogP contribution >= 0.6 is 0 Å². The predicted molar refractivity (Wildman–Crippen MR) is 181 cm³/mol.